The number of rotatable bonds is 9. The first-order chi connectivity index (χ1) is 9.98. The van der Waals surface area contributed by atoms with Crippen molar-refractivity contribution in [2.45, 2.75) is 72.4 Å². The third-order valence-electron chi connectivity index (χ3n) is 5.07. The molecule has 0 aliphatic carbocycles. The smallest absolute Gasteiger partial charge is 0.0947 e. The molecule has 0 radical (unpaired) electrons. The van der Waals surface area contributed by atoms with E-state index in [9.17, 15) is 0 Å². The molecule has 1 aromatic heterocycles. The lowest BCUT2D eigenvalue weighted by Crippen LogP contribution is -2.61. The zero-order valence-corrected chi connectivity index (χ0v) is 15.7. The largest absolute Gasteiger partial charge is 0.315 e. The Morgan fingerprint density at radius 1 is 1.14 bits per heavy atom. The van der Waals surface area contributed by atoms with Crippen molar-refractivity contribution in [2.75, 3.05) is 20.1 Å². The fourth-order valence-corrected chi connectivity index (χ4v) is 4.60. The first-order valence-electron chi connectivity index (χ1n) is 8.34. The van der Waals surface area contributed by atoms with E-state index < -0.39 is 0 Å². The average molecular weight is 312 g/mol. The quantitative estimate of drug-likeness (QED) is 0.752. The number of likely N-dealkylation sites (N-methyl/N-ethyl adjacent to an activating group) is 2. The lowest BCUT2D eigenvalue weighted by molar-refractivity contribution is 0.0519. The van der Waals surface area contributed by atoms with Crippen molar-refractivity contribution in [3.63, 3.8) is 0 Å². The van der Waals surface area contributed by atoms with Gasteiger partial charge in [-0.05, 0) is 46.8 Å². The minimum absolute atomic E-state index is 0.214. The highest BCUT2D eigenvalue weighted by Crippen LogP contribution is 2.31. The molecule has 0 aliphatic heterocycles. The topological polar surface area (TPSA) is 28.2 Å². The van der Waals surface area contributed by atoms with Crippen LogP contribution in [-0.2, 0) is 6.42 Å². The van der Waals surface area contributed by atoms with Crippen molar-refractivity contribution in [1.82, 2.24) is 15.2 Å². The predicted octanol–water partition coefficient (Wildman–Crippen LogP) is 3.79. The summed E-state index contributed by atoms with van der Waals surface area (Å²) in [4.78, 5) is 8.73. The second kappa shape index (κ2) is 8.25. The summed E-state index contributed by atoms with van der Waals surface area (Å²) in [5.74, 6) is 0. The molecule has 1 aromatic rings. The third-order valence-corrected chi connectivity index (χ3v) is 6.16. The number of nitrogens with one attached hydrogen (secondary N) is 1. The molecule has 0 saturated heterocycles. The van der Waals surface area contributed by atoms with Crippen molar-refractivity contribution in [2.24, 2.45) is 0 Å². The van der Waals surface area contributed by atoms with E-state index in [4.69, 9.17) is 4.98 Å². The van der Waals surface area contributed by atoms with Gasteiger partial charge in [-0.15, -0.1) is 11.3 Å². The maximum Gasteiger partial charge on any atom is 0.0947 e. The van der Waals surface area contributed by atoms with Crippen LogP contribution in [-0.4, -0.2) is 41.6 Å². The molecule has 1 heterocycles. The van der Waals surface area contributed by atoms with Crippen LogP contribution in [0.1, 0.15) is 56.1 Å². The fraction of sp³-hybridized carbons (Fsp3) is 0.824. The normalized spacial score (nSPS) is 13.9. The first-order valence-corrected chi connectivity index (χ1v) is 9.15. The summed E-state index contributed by atoms with van der Waals surface area (Å²) in [5.41, 5.74) is 1.40. The lowest BCUT2D eigenvalue weighted by Gasteiger charge is -2.48. The number of hydrogen-bond acceptors (Lipinski definition) is 4. The van der Waals surface area contributed by atoms with E-state index in [0.717, 1.165) is 19.5 Å². The summed E-state index contributed by atoms with van der Waals surface area (Å²) in [6.45, 7) is 15.7. The van der Waals surface area contributed by atoms with Gasteiger partial charge in [-0.25, -0.2) is 4.98 Å². The van der Waals surface area contributed by atoms with Gasteiger partial charge in [0.2, 0.25) is 0 Å². The summed E-state index contributed by atoms with van der Waals surface area (Å²) in [5, 5.41) is 4.86. The minimum atomic E-state index is 0.214. The van der Waals surface area contributed by atoms with Gasteiger partial charge >= 0.3 is 0 Å². The van der Waals surface area contributed by atoms with Crippen molar-refractivity contribution in [1.29, 1.82) is 0 Å². The number of thiazole rings is 1. The van der Waals surface area contributed by atoms with Crippen molar-refractivity contribution < 1.29 is 0 Å². The Kier molecular flexibility index (Phi) is 7.31. The summed E-state index contributed by atoms with van der Waals surface area (Å²) in [7, 11) is 2.10. The van der Waals surface area contributed by atoms with Crippen LogP contribution in [0.25, 0.3) is 0 Å². The summed E-state index contributed by atoms with van der Waals surface area (Å²) < 4.78 is 0. The van der Waals surface area contributed by atoms with Crippen LogP contribution in [0.2, 0.25) is 0 Å². The van der Waals surface area contributed by atoms with Crippen molar-refractivity contribution >= 4 is 11.3 Å². The second-order valence-electron chi connectivity index (χ2n) is 5.78. The Labute approximate surface area is 135 Å². The van der Waals surface area contributed by atoms with Crippen LogP contribution in [0, 0.1) is 13.8 Å². The molecule has 21 heavy (non-hydrogen) atoms. The molecule has 3 nitrogen and oxygen atoms in total. The van der Waals surface area contributed by atoms with Crippen molar-refractivity contribution in [3.8, 4) is 0 Å². The van der Waals surface area contributed by atoms with Crippen LogP contribution in [0.3, 0.4) is 0 Å². The molecule has 0 spiro atoms. The molecule has 0 aliphatic rings. The monoisotopic (exact) mass is 311 g/mol. The molecular weight excluding hydrogens is 278 g/mol. The Morgan fingerprint density at radius 3 is 2.05 bits per heavy atom. The molecular formula is C17H33N3S. The van der Waals surface area contributed by atoms with Crippen LogP contribution in [0.5, 0.6) is 0 Å². The number of aryl methyl sites for hydroxylation is 2. The highest BCUT2D eigenvalue weighted by molar-refractivity contribution is 7.11. The average Bonchev–Trinajstić information content (AvgIpc) is 2.81. The molecule has 0 saturated carbocycles. The van der Waals surface area contributed by atoms with Crippen LogP contribution in [0.4, 0.5) is 0 Å². The van der Waals surface area contributed by atoms with Gasteiger partial charge in [0, 0.05) is 22.9 Å². The van der Waals surface area contributed by atoms with Gasteiger partial charge in [0.05, 0.1) is 10.7 Å². The SMILES string of the molecule is CCN(CC)C(CC)(CC)C(Cc1nc(C)c(C)s1)NC. The highest BCUT2D eigenvalue weighted by atomic mass is 32.1. The summed E-state index contributed by atoms with van der Waals surface area (Å²) in [6, 6.07) is 0.442. The van der Waals surface area contributed by atoms with Gasteiger partial charge in [0.1, 0.15) is 0 Å². The molecule has 0 bridgehead atoms. The van der Waals surface area contributed by atoms with Crippen molar-refractivity contribution in [3.05, 3.63) is 15.6 Å². The van der Waals surface area contributed by atoms with Crippen LogP contribution >= 0.6 is 11.3 Å². The number of aromatic nitrogens is 1. The van der Waals surface area contributed by atoms with E-state index in [1.54, 1.807) is 0 Å². The molecule has 1 atom stereocenters. The molecule has 122 valence electrons. The van der Waals surface area contributed by atoms with E-state index in [1.165, 1.54) is 28.4 Å². The molecule has 0 fully saturated rings. The van der Waals surface area contributed by atoms with Gasteiger partial charge in [-0.2, -0.15) is 0 Å². The van der Waals surface area contributed by atoms with E-state index >= 15 is 0 Å². The van der Waals surface area contributed by atoms with Gasteiger partial charge in [0.25, 0.3) is 0 Å². The molecule has 0 amide bonds. The molecule has 1 unspecified atom stereocenters. The maximum atomic E-state index is 4.75. The first kappa shape index (κ1) is 18.6. The summed E-state index contributed by atoms with van der Waals surface area (Å²) in [6.07, 6.45) is 3.36. The Morgan fingerprint density at radius 2 is 1.71 bits per heavy atom. The fourth-order valence-electron chi connectivity index (χ4n) is 3.63. The lowest BCUT2D eigenvalue weighted by atomic mass is 9.81. The Hall–Kier alpha value is -0.450. The van der Waals surface area contributed by atoms with Gasteiger partial charge in [-0.1, -0.05) is 27.7 Å². The molecule has 4 heteroatoms. The van der Waals surface area contributed by atoms with Gasteiger partial charge in [-0.3, -0.25) is 4.90 Å². The zero-order valence-electron chi connectivity index (χ0n) is 14.9. The van der Waals surface area contributed by atoms with E-state index in [2.05, 4.69) is 58.8 Å². The second-order valence-corrected chi connectivity index (χ2v) is 7.07. The predicted molar refractivity (Wildman–Crippen MR) is 94.4 cm³/mol. The Bertz CT molecular complexity index is 400. The van der Waals surface area contributed by atoms with E-state index in [0.29, 0.717) is 6.04 Å². The maximum absolute atomic E-state index is 4.75. The standard InChI is InChI=1S/C17H33N3S/c1-8-17(9-2,20(10-3)11-4)15(18-7)12-16-19-13(5)14(6)21-16/h15,18H,8-12H2,1-7H3. The molecule has 0 aromatic carbocycles. The Balaban J connectivity index is 3.06. The number of nitrogens with zero attached hydrogens (tertiary/aromatic N) is 2. The minimum Gasteiger partial charge on any atom is -0.315 e. The highest BCUT2D eigenvalue weighted by Gasteiger charge is 2.39. The number of hydrogen-bond donors (Lipinski definition) is 1. The van der Waals surface area contributed by atoms with Gasteiger partial charge in [0.15, 0.2) is 0 Å². The van der Waals surface area contributed by atoms with Crippen LogP contribution < -0.4 is 5.32 Å². The molecule has 1 rings (SSSR count). The van der Waals surface area contributed by atoms with E-state index in [1.807, 2.05) is 11.3 Å². The van der Waals surface area contributed by atoms with E-state index in [-0.39, 0.29) is 5.54 Å². The molecule has 1 N–H and O–H groups in total. The summed E-state index contributed by atoms with van der Waals surface area (Å²) >= 11 is 1.85. The van der Waals surface area contributed by atoms with Gasteiger partial charge < -0.3 is 5.32 Å². The van der Waals surface area contributed by atoms with Crippen LogP contribution in [0.15, 0.2) is 0 Å². The third kappa shape index (κ3) is 3.85. The zero-order chi connectivity index (χ0) is 16.0.